The standard InChI is InChI=1S/C15H27N3O/c1-15(12-16,17-2)8-3-4-9-18-10-11-19-14-7-5-6-13(14)18/h13-14,17H,3-11H2,1-2H3. The molecule has 1 saturated heterocycles. The molecule has 19 heavy (non-hydrogen) atoms. The topological polar surface area (TPSA) is 48.3 Å². The monoisotopic (exact) mass is 265 g/mol. The lowest BCUT2D eigenvalue weighted by Gasteiger charge is -2.37. The van der Waals surface area contributed by atoms with Crippen molar-refractivity contribution in [3.8, 4) is 6.07 Å². The molecule has 4 heteroatoms. The Bertz CT molecular complexity index is 328. The summed E-state index contributed by atoms with van der Waals surface area (Å²) in [6, 6.07) is 3.03. The highest BCUT2D eigenvalue weighted by atomic mass is 16.5. The largest absolute Gasteiger partial charge is 0.375 e. The third kappa shape index (κ3) is 3.68. The Labute approximate surface area is 117 Å². The number of rotatable bonds is 6. The number of morpholine rings is 1. The van der Waals surface area contributed by atoms with Crippen LogP contribution in [0.3, 0.4) is 0 Å². The minimum Gasteiger partial charge on any atom is -0.375 e. The molecule has 4 nitrogen and oxygen atoms in total. The van der Waals surface area contributed by atoms with Gasteiger partial charge in [-0.05, 0) is 59.0 Å². The molecule has 1 aliphatic carbocycles. The van der Waals surface area contributed by atoms with E-state index in [0.717, 1.165) is 32.5 Å². The second-order valence-corrected chi connectivity index (χ2v) is 6.09. The van der Waals surface area contributed by atoms with Gasteiger partial charge in [-0.15, -0.1) is 0 Å². The Hall–Kier alpha value is -0.630. The van der Waals surface area contributed by atoms with Gasteiger partial charge in [0.1, 0.15) is 5.54 Å². The lowest BCUT2D eigenvalue weighted by Crippen LogP contribution is -2.48. The average molecular weight is 265 g/mol. The number of hydrogen-bond donors (Lipinski definition) is 1. The lowest BCUT2D eigenvalue weighted by atomic mass is 9.96. The Balaban J connectivity index is 1.69. The molecule has 2 aliphatic rings. The second-order valence-electron chi connectivity index (χ2n) is 6.09. The number of ether oxygens (including phenoxy) is 1. The first-order chi connectivity index (χ1) is 9.18. The van der Waals surface area contributed by atoms with Crippen LogP contribution in [-0.4, -0.2) is 49.3 Å². The molecular formula is C15H27N3O. The summed E-state index contributed by atoms with van der Waals surface area (Å²) in [5.74, 6) is 0. The number of unbranched alkanes of at least 4 members (excludes halogenated alkanes) is 1. The summed E-state index contributed by atoms with van der Waals surface area (Å²) in [5.41, 5.74) is -0.360. The van der Waals surface area contributed by atoms with E-state index in [1.807, 2.05) is 14.0 Å². The van der Waals surface area contributed by atoms with Crippen molar-refractivity contribution < 1.29 is 4.74 Å². The Morgan fingerprint density at radius 2 is 2.26 bits per heavy atom. The van der Waals surface area contributed by atoms with Crippen molar-refractivity contribution in [3.63, 3.8) is 0 Å². The number of nitrogens with zero attached hydrogens (tertiary/aromatic N) is 2. The van der Waals surface area contributed by atoms with Crippen LogP contribution in [0.2, 0.25) is 0 Å². The first-order valence-corrected chi connectivity index (χ1v) is 7.64. The zero-order valence-electron chi connectivity index (χ0n) is 12.3. The van der Waals surface area contributed by atoms with Crippen molar-refractivity contribution in [2.45, 2.75) is 63.1 Å². The van der Waals surface area contributed by atoms with Gasteiger partial charge in [0, 0.05) is 12.6 Å². The predicted octanol–water partition coefficient (Wildman–Crippen LogP) is 1.91. The van der Waals surface area contributed by atoms with Gasteiger partial charge in [-0.25, -0.2) is 0 Å². The van der Waals surface area contributed by atoms with E-state index in [0.29, 0.717) is 12.1 Å². The summed E-state index contributed by atoms with van der Waals surface area (Å²) < 4.78 is 5.83. The van der Waals surface area contributed by atoms with Crippen LogP contribution in [0.4, 0.5) is 0 Å². The Morgan fingerprint density at radius 3 is 3.00 bits per heavy atom. The minimum absolute atomic E-state index is 0.360. The number of nitriles is 1. The van der Waals surface area contributed by atoms with Crippen LogP contribution >= 0.6 is 0 Å². The molecule has 1 saturated carbocycles. The van der Waals surface area contributed by atoms with Crippen molar-refractivity contribution in [2.75, 3.05) is 26.7 Å². The quantitative estimate of drug-likeness (QED) is 0.745. The van der Waals surface area contributed by atoms with E-state index < -0.39 is 0 Å². The summed E-state index contributed by atoms with van der Waals surface area (Å²) in [6.07, 6.45) is 7.58. The summed E-state index contributed by atoms with van der Waals surface area (Å²) in [4.78, 5) is 2.62. The third-order valence-electron chi connectivity index (χ3n) is 4.77. The molecule has 0 bridgehead atoms. The van der Waals surface area contributed by atoms with Gasteiger partial charge in [0.05, 0.1) is 18.8 Å². The Morgan fingerprint density at radius 1 is 1.42 bits per heavy atom. The molecule has 1 aliphatic heterocycles. The van der Waals surface area contributed by atoms with E-state index in [-0.39, 0.29) is 5.54 Å². The Kier molecular flexibility index (Phi) is 5.20. The van der Waals surface area contributed by atoms with Crippen LogP contribution < -0.4 is 5.32 Å². The molecule has 0 spiro atoms. The zero-order valence-corrected chi connectivity index (χ0v) is 12.3. The van der Waals surface area contributed by atoms with Gasteiger partial charge in [-0.3, -0.25) is 4.90 Å². The van der Waals surface area contributed by atoms with Crippen molar-refractivity contribution in [3.05, 3.63) is 0 Å². The molecule has 3 atom stereocenters. The van der Waals surface area contributed by atoms with Crippen LogP contribution in [0, 0.1) is 11.3 Å². The predicted molar refractivity (Wildman–Crippen MR) is 75.9 cm³/mol. The molecule has 108 valence electrons. The highest BCUT2D eigenvalue weighted by Crippen LogP contribution is 2.29. The first kappa shape index (κ1) is 14.8. The second kappa shape index (κ2) is 6.69. The van der Waals surface area contributed by atoms with Gasteiger partial charge in [-0.2, -0.15) is 5.26 Å². The van der Waals surface area contributed by atoms with E-state index in [1.165, 1.54) is 25.7 Å². The molecule has 3 unspecified atom stereocenters. The van der Waals surface area contributed by atoms with E-state index in [1.54, 1.807) is 0 Å². The molecular weight excluding hydrogens is 238 g/mol. The van der Waals surface area contributed by atoms with Crippen molar-refractivity contribution >= 4 is 0 Å². The fourth-order valence-electron chi connectivity index (χ4n) is 3.31. The van der Waals surface area contributed by atoms with Crippen LogP contribution in [0.25, 0.3) is 0 Å². The summed E-state index contributed by atoms with van der Waals surface area (Å²) in [6.45, 7) is 5.13. The van der Waals surface area contributed by atoms with Gasteiger partial charge in [0.15, 0.2) is 0 Å². The zero-order chi connectivity index (χ0) is 13.7. The van der Waals surface area contributed by atoms with Crippen LogP contribution in [-0.2, 0) is 4.74 Å². The van der Waals surface area contributed by atoms with Gasteiger partial charge < -0.3 is 10.1 Å². The lowest BCUT2D eigenvalue weighted by molar-refractivity contribution is -0.0559. The summed E-state index contributed by atoms with van der Waals surface area (Å²) in [5, 5.41) is 12.2. The molecule has 0 aromatic rings. The van der Waals surface area contributed by atoms with Gasteiger partial charge >= 0.3 is 0 Å². The normalized spacial score (nSPS) is 30.6. The maximum atomic E-state index is 9.12. The van der Waals surface area contributed by atoms with Gasteiger partial charge in [0.2, 0.25) is 0 Å². The van der Waals surface area contributed by atoms with Crippen molar-refractivity contribution in [1.29, 1.82) is 5.26 Å². The molecule has 0 amide bonds. The average Bonchev–Trinajstić information content (AvgIpc) is 2.92. The molecule has 0 radical (unpaired) electrons. The number of nitrogens with one attached hydrogen (secondary N) is 1. The number of fused-ring (bicyclic) bond motifs is 1. The molecule has 0 aromatic carbocycles. The maximum Gasteiger partial charge on any atom is 0.103 e. The smallest absolute Gasteiger partial charge is 0.103 e. The summed E-state index contributed by atoms with van der Waals surface area (Å²) >= 11 is 0. The first-order valence-electron chi connectivity index (χ1n) is 7.64. The maximum absolute atomic E-state index is 9.12. The highest BCUT2D eigenvalue weighted by molar-refractivity contribution is 5.02. The van der Waals surface area contributed by atoms with Gasteiger partial charge in [0.25, 0.3) is 0 Å². The van der Waals surface area contributed by atoms with Crippen molar-refractivity contribution in [2.24, 2.45) is 0 Å². The van der Waals surface area contributed by atoms with E-state index in [4.69, 9.17) is 10.00 Å². The molecule has 1 heterocycles. The van der Waals surface area contributed by atoms with Gasteiger partial charge in [-0.1, -0.05) is 0 Å². The molecule has 2 fully saturated rings. The molecule has 2 rings (SSSR count). The van der Waals surface area contributed by atoms with E-state index in [2.05, 4.69) is 16.3 Å². The van der Waals surface area contributed by atoms with E-state index >= 15 is 0 Å². The highest BCUT2D eigenvalue weighted by Gasteiger charge is 2.35. The van der Waals surface area contributed by atoms with Crippen LogP contribution in [0.5, 0.6) is 0 Å². The van der Waals surface area contributed by atoms with E-state index in [9.17, 15) is 0 Å². The minimum atomic E-state index is -0.360. The molecule has 1 N–H and O–H groups in total. The fraction of sp³-hybridized carbons (Fsp3) is 0.933. The fourth-order valence-corrected chi connectivity index (χ4v) is 3.31. The SMILES string of the molecule is CNC(C)(C#N)CCCCN1CCOC2CCCC21. The van der Waals surface area contributed by atoms with Crippen LogP contribution in [0.1, 0.15) is 45.4 Å². The molecule has 0 aromatic heterocycles. The van der Waals surface area contributed by atoms with Crippen LogP contribution in [0.15, 0.2) is 0 Å². The summed E-state index contributed by atoms with van der Waals surface area (Å²) in [7, 11) is 1.87. The third-order valence-corrected chi connectivity index (χ3v) is 4.77. The van der Waals surface area contributed by atoms with Crippen molar-refractivity contribution in [1.82, 2.24) is 10.2 Å². The number of hydrogen-bond acceptors (Lipinski definition) is 4.